The summed E-state index contributed by atoms with van der Waals surface area (Å²) >= 11 is 7.26. The van der Waals surface area contributed by atoms with Gasteiger partial charge >= 0.3 is 0 Å². The maximum absolute atomic E-state index is 12.9. The van der Waals surface area contributed by atoms with Gasteiger partial charge in [0.15, 0.2) is 0 Å². The fourth-order valence-corrected chi connectivity index (χ4v) is 2.22. The molecule has 0 aromatic heterocycles. The fourth-order valence-electron chi connectivity index (χ4n) is 1.26. The fraction of sp³-hybridized carbons (Fsp3) is 0.417. The Kier molecular flexibility index (Phi) is 5.85. The summed E-state index contributed by atoms with van der Waals surface area (Å²) in [5.41, 5.74) is 0.772. The quantitative estimate of drug-likeness (QED) is 0.725. The highest BCUT2D eigenvalue weighted by Gasteiger charge is 2.06. The third-order valence-electron chi connectivity index (χ3n) is 2.00. The van der Waals surface area contributed by atoms with Crippen LogP contribution in [-0.2, 0) is 11.2 Å². The Balaban J connectivity index is 2.46. The highest BCUT2D eigenvalue weighted by Crippen LogP contribution is 2.17. The summed E-state index contributed by atoms with van der Waals surface area (Å²) in [5.74, 6) is 1.22. The van der Waals surface area contributed by atoms with E-state index in [2.05, 4.69) is 6.92 Å². The van der Waals surface area contributed by atoms with Gasteiger partial charge in [-0.3, -0.25) is 4.79 Å². The van der Waals surface area contributed by atoms with Crippen molar-refractivity contribution in [1.82, 2.24) is 0 Å². The molecule has 0 aliphatic heterocycles. The van der Waals surface area contributed by atoms with E-state index in [-0.39, 0.29) is 10.8 Å². The number of carbonyl (C=O) groups excluding carboxylic acids is 1. The van der Waals surface area contributed by atoms with E-state index in [1.807, 2.05) is 0 Å². The zero-order chi connectivity index (χ0) is 12.0. The summed E-state index contributed by atoms with van der Waals surface area (Å²) < 4.78 is 12.9. The monoisotopic (exact) mass is 260 g/mol. The van der Waals surface area contributed by atoms with Gasteiger partial charge in [-0.1, -0.05) is 24.6 Å². The lowest BCUT2D eigenvalue weighted by Gasteiger charge is -2.02. The number of carbonyl (C=O) groups is 1. The number of halogens is 2. The minimum atomic E-state index is -0.446. The van der Waals surface area contributed by atoms with E-state index in [1.165, 1.54) is 12.1 Å². The number of hydrogen-bond acceptors (Lipinski definition) is 2. The van der Waals surface area contributed by atoms with E-state index in [0.29, 0.717) is 12.2 Å². The van der Waals surface area contributed by atoms with Crippen molar-refractivity contribution >= 4 is 29.1 Å². The summed E-state index contributed by atoms with van der Waals surface area (Å²) in [5, 5.41) is 0.0755. The molecule has 0 saturated carbocycles. The average molecular weight is 261 g/mol. The van der Waals surface area contributed by atoms with Gasteiger partial charge in [0, 0.05) is 6.42 Å². The third kappa shape index (κ3) is 4.54. The summed E-state index contributed by atoms with van der Waals surface area (Å²) in [6.45, 7) is 2.08. The van der Waals surface area contributed by atoms with Crippen LogP contribution in [0.3, 0.4) is 0 Å². The van der Waals surface area contributed by atoms with Crippen LogP contribution in [0.5, 0.6) is 0 Å². The number of benzene rings is 1. The van der Waals surface area contributed by atoms with Crippen molar-refractivity contribution in [1.29, 1.82) is 0 Å². The lowest BCUT2D eigenvalue weighted by molar-refractivity contribution is -0.116. The van der Waals surface area contributed by atoms with E-state index in [9.17, 15) is 9.18 Å². The molecular weight excluding hydrogens is 247 g/mol. The van der Waals surface area contributed by atoms with Crippen molar-refractivity contribution in [2.24, 2.45) is 0 Å². The Morgan fingerprint density at radius 2 is 2.25 bits per heavy atom. The van der Waals surface area contributed by atoms with Crippen molar-refractivity contribution in [2.45, 2.75) is 19.8 Å². The summed E-state index contributed by atoms with van der Waals surface area (Å²) in [4.78, 5) is 11.5. The molecule has 0 radical (unpaired) electrons. The second-order valence-corrected chi connectivity index (χ2v) is 5.03. The van der Waals surface area contributed by atoms with Gasteiger partial charge in [0.05, 0.1) is 10.8 Å². The third-order valence-corrected chi connectivity index (χ3v) is 3.51. The summed E-state index contributed by atoms with van der Waals surface area (Å²) in [6, 6.07) is 4.41. The standard InChI is InChI=1S/C12H14ClFOS/c1-2-5-16-8-10(15)6-9-3-4-12(14)11(13)7-9/h3-4,7H,2,5-6,8H2,1H3. The van der Waals surface area contributed by atoms with Crippen LogP contribution in [0.2, 0.25) is 5.02 Å². The van der Waals surface area contributed by atoms with Crippen molar-refractivity contribution < 1.29 is 9.18 Å². The maximum Gasteiger partial charge on any atom is 0.147 e. The Labute approximate surface area is 104 Å². The predicted octanol–water partition coefficient (Wildman–Crippen LogP) is 3.73. The second-order valence-electron chi connectivity index (χ2n) is 3.52. The Morgan fingerprint density at radius 3 is 2.88 bits per heavy atom. The van der Waals surface area contributed by atoms with E-state index < -0.39 is 5.82 Å². The largest absolute Gasteiger partial charge is 0.298 e. The van der Waals surface area contributed by atoms with E-state index in [1.54, 1.807) is 17.8 Å². The van der Waals surface area contributed by atoms with Gasteiger partial charge in [0.25, 0.3) is 0 Å². The van der Waals surface area contributed by atoms with Gasteiger partial charge in [0.1, 0.15) is 11.6 Å². The van der Waals surface area contributed by atoms with Crippen LogP contribution in [0.25, 0.3) is 0 Å². The number of hydrogen-bond donors (Lipinski definition) is 0. The Hall–Kier alpha value is -0.540. The second kappa shape index (κ2) is 6.92. The summed E-state index contributed by atoms with van der Waals surface area (Å²) in [7, 11) is 0. The minimum Gasteiger partial charge on any atom is -0.298 e. The lowest BCUT2D eigenvalue weighted by Crippen LogP contribution is -2.06. The lowest BCUT2D eigenvalue weighted by atomic mass is 10.1. The normalized spacial score (nSPS) is 10.4. The van der Waals surface area contributed by atoms with Crippen LogP contribution >= 0.6 is 23.4 Å². The van der Waals surface area contributed by atoms with Crippen LogP contribution in [0.15, 0.2) is 18.2 Å². The molecule has 0 unspecified atom stereocenters. The molecule has 0 bridgehead atoms. The highest BCUT2D eigenvalue weighted by atomic mass is 35.5. The molecule has 1 nitrogen and oxygen atoms in total. The van der Waals surface area contributed by atoms with Crippen molar-refractivity contribution in [3.05, 3.63) is 34.6 Å². The highest BCUT2D eigenvalue weighted by molar-refractivity contribution is 7.99. The minimum absolute atomic E-state index is 0.0755. The zero-order valence-corrected chi connectivity index (χ0v) is 10.7. The van der Waals surface area contributed by atoms with Crippen molar-refractivity contribution in [3.63, 3.8) is 0 Å². The molecule has 0 spiro atoms. The molecule has 0 N–H and O–H groups in total. The molecule has 0 amide bonds. The zero-order valence-electron chi connectivity index (χ0n) is 9.13. The van der Waals surface area contributed by atoms with Crippen molar-refractivity contribution in [2.75, 3.05) is 11.5 Å². The van der Waals surface area contributed by atoms with Gasteiger partial charge in [-0.05, 0) is 29.9 Å². The molecule has 16 heavy (non-hydrogen) atoms. The molecule has 0 aliphatic carbocycles. The topological polar surface area (TPSA) is 17.1 Å². The van der Waals surface area contributed by atoms with Gasteiger partial charge in [-0.15, -0.1) is 0 Å². The molecule has 88 valence electrons. The molecule has 0 fully saturated rings. The van der Waals surface area contributed by atoms with Crippen LogP contribution in [0.1, 0.15) is 18.9 Å². The van der Waals surface area contributed by atoms with Gasteiger partial charge < -0.3 is 0 Å². The number of Topliss-reactive ketones (excluding diaryl/α,β-unsaturated/α-hetero) is 1. The predicted molar refractivity (Wildman–Crippen MR) is 67.7 cm³/mol. The van der Waals surface area contributed by atoms with E-state index in [0.717, 1.165) is 17.7 Å². The van der Waals surface area contributed by atoms with Gasteiger partial charge in [-0.25, -0.2) is 4.39 Å². The molecule has 0 heterocycles. The molecule has 4 heteroatoms. The van der Waals surface area contributed by atoms with Gasteiger partial charge in [0.2, 0.25) is 0 Å². The first-order chi connectivity index (χ1) is 7.63. The molecule has 0 atom stereocenters. The molecule has 0 aliphatic rings. The van der Waals surface area contributed by atoms with Crippen molar-refractivity contribution in [3.8, 4) is 0 Å². The first-order valence-electron chi connectivity index (χ1n) is 5.17. The Bertz CT molecular complexity index is 368. The average Bonchev–Trinajstić information content (AvgIpc) is 2.24. The SMILES string of the molecule is CCCSCC(=O)Cc1ccc(F)c(Cl)c1. The Morgan fingerprint density at radius 1 is 1.50 bits per heavy atom. The smallest absolute Gasteiger partial charge is 0.147 e. The molecule has 1 rings (SSSR count). The van der Waals surface area contributed by atoms with Crippen LogP contribution in [-0.4, -0.2) is 17.3 Å². The summed E-state index contributed by atoms with van der Waals surface area (Å²) in [6.07, 6.45) is 1.40. The molecule has 1 aromatic carbocycles. The first-order valence-corrected chi connectivity index (χ1v) is 6.70. The molecule has 0 saturated heterocycles. The van der Waals surface area contributed by atoms with Gasteiger partial charge in [-0.2, -0.15) is 11.8 Å². The number of ketones is 1. The number of thioether (sulfide) groups is 1. The van der Waals surface area contributed by atoms with Crippen LogP contribution in [0, 0.1) is 5.82 Å². The number of rotatable bonds is 6. The van der Waals surface area contributed by atoms with E-state index >= 15 is 0 Å². The van der Waals surface area contributed by atoms with E-state index in [4.69, 9.17) is 11.6 Å². The molecule has 1 aromatic rings. The first kappa shape index (κ1) is 13.5. The maximum atomic E-state index is 12.9. The van der Waals surface area contributed by atoms with Crippen LogP contribution < -0.4 is 0 Å². The van der Waals surface area contributed by atoms with Crippen LogP contribution in [0.4, 0.5) is 4.39 Å². The molecular formula is C12H14ClFOS.